The Labute approximate surface area is 114 Å². The fourth-order valence-corrected chi connectivity index (χ4v) is 2.29. The lowest BCUT2D eigenvalue weighted by molar-refractivity contribution is 0.0695. The lowest BCUT2D eigenvalue weighted by Crippen LogP contribution is -2.28. The second-order valence-electron chi connectivity index (χ2n) is 4.42. The highest BCUT2D eigenvalue weighted by atomic mass is 16.4. The molecular formula is C14H23N3O2. The lowest BCUT2D eigenvalue weighted by atomic mass is 10.0. The lowest BCUT2D eigenvalue weighted by Gasteiger charge is -2.24. The van der Waals surface area contributed by atoms with Crippen molar-refractivity contribution in [2.45, 2.75) is 47.0 Å². The van der Waals surface area contributed by atoms with Gasteiger partial charge < -0.3 is 10.0 Å². The van der Waals surface area contributed by atoms with Crippen LogP contribution in [-0.2, 0) is 12.8 Å². The SMILES string of the molecule is CCCN(CC)c1nnc(CC)c(CC)c1C(=O)O. The highest BCUT2D eigenvalue weighted by Crippen LogP contribution is 2.24. The van der Waals surface area contributed by atoms with Crippen molar-refractivity contribution in [3.8, 4) is 0 Å². The van der Waals surface area contributed by atoms with Crippen molar-refractivity contribution in [3.05, 3.63) is 16.8 Å². The summed E-state index contributed by atoms with van der Waals surface area (Å²) >= 11 is 0. The first-order valence-electron chi connectivity index (χ1n) is 6.97. The number of hydrogen-bond donors (Lipinski definition) is 1. The smallest absolute Gasteiger partial charge is 0.339 e. The number of carboxylic acid groups (broad SMARTS) is 1. The molecule has 1 N–H and O–H groups in total. The van der Waals surface area contributed by atoms with Gasteiger partial charge in [0.1, 0.15) is 5.56 Å². The van der Waals surface area contributed by atoms with Gasteiger partial charge in [-0.2, -0.15) is 5.10 Å². The van der Waals surface area contributed by atoms with Crippen LogP contribution in [0.1, 0.15) is 55.7 Å². The zero-order valence-electron chi connectivity index (χ0n) is 12.2. The van der Waals surface area contributed by atoms with Crippen LogP contribution in [0.25, 0.3) is 0 Å². The number of aryl methyl sites for hydroxylation is 1. The maximum atomic E-state index is 11.6. The van der Waals surface area contributed by atoms with Gasteiger partial charge in [-0.05, 0) is 31.7 Å². The Hall–Kier alpha value is -1.65. The second kappa shape index (κ2) is 7.07. The molecule has 0 saturated heterocycles. The third-order valence-corrected chi connectivity index (χ3v) is 3.22. The van der Waals surface area contributed by atoms with Crippen LogP contribution >= 0.6 is 0 Å². The van der Waals surface area contributed by atoms with E-state index in [1.54, 1.807) is 0 Å². The molecular weight excluding hydrogens is 242 g/mol. The highest BCUT2D eigenvalue weighted by Gasteiger charge is 2.23. The molecule has 1 aromatic rings. The maximum absolute atomic E-state index is 11.6. The van der Waals surface area contributed by atoms with Gasteiger partial charge in [-0.1, -0.05) is 20.8 Å². The predicted octanol–water partition coefficient (Wildman–Crippen LogP) is 2.54. The Balaban J connectivity index is 3.42. The first kappa shape index (κ1) is 15.4. The highest BCUT2D eigenvalue weighted by molar-refractivity contribution is 5.95. The molecule has 0 unspecified atom stereocenters. The Morgan fingerprint density at radius 3 is 2.26 bits per heavy atom. The van der Waals surface area contributed by atoms with Crippen LogP contribution in [0.4, 0.5) is 5.82 Å². The maximum Gasteiger partial charge on any atom is 0.339 e. The van der Waals surface area contributed by atoms with Crippen LogP contribution in [-0.4, -0.2) is 34.4 Å². The number of hydrogen-bond acceptors (Lipinski definition) is 4. The van der Waals surface area contributed by atoms with E-state index in [1.165, 1.54) is 0 Å². The number of aromatic carboxylic acids is 1. The fourth-order valence-electron chi connectivity index (χ4n) is 2.29. The van der Waals surface area contributed by atoms with Crippen molar-refractivity contribution >= 4 is 11.8 Å². The first-order chi connectivity index (χ1) is 9.10. The molecule has 5 heteroatoms. The second-order valence-corrected chi connectivity index (χ2v) is 4.42. The van der Waals surface area contributed by atoms with E-state index in [4.69, 9.17) is 0 Å². The van der Waals surface area contributed by atoms with Crippen LogP contribution in [0.5, 0.6) is 0 Å². The van der Waals surface area contributed by atoms with Crippen molar-refractivity contribution in [2.24, 2.45) is 0 Å². The molecule has 1 heterocycles. The van der Waals surface area contributed by atoms with Crippen molar-refractivity contribution < 1.29 is 9.90 Å². The van der Waals surface area contributed by atoms with Gasteiger partial charge in [-0.3, -0.25) is 0 Å². The molecule has 0 aliphatic carbocycles. The minimum Gasteiger partial charge on any atom is -0.478 e. The summed E-state index contributed by atoms with van der Waals surface area (Å²) in [6, 6.07) is 0. The van der Waals surface area contributed by atoms with Gasteiger partial charge in [0.15, 0.2) is 5.82 Å². The third kappa shape index (κ3) is 3.22. The number of aromatic nitrogens is 2. The summed E-state index contributed by atoms with van der Waals surface area (Å²) in [5, 5.41) is 17.9. The van der Waals surface area contributed by atoms with Crippen LogP contribution in [0.3, 0.4) is 0 Å². The number of anilines is 1. The molecule has 0 bridgehead atoms. The number of carbonyl (C=O) groups is 1. The summed E-state index contributed by atoms with van der Waals surface area (Å²) in [5.41, 5.74) is 1.93. The summed E-state index contributed by atoms with van der Waals surface area (Å²) in [5.74, 6) is -0.406. The average Bonchev–Trinajstić information content (AvgIpc) is 2.42. The molecule has 1 aromatic heterocycles. The number of rotatable bonds is 7. The zero-order valence-corrected chi connectivity index (χ0v) is 12.2. The molecule has 0 radical (unpaired) electrons. The molecule has 0 aliphatic heterocycles. The van der Waals surface area contributed by atoms with E-state index in [0.717, 1.165) is 30.8 Å². The van der Waals surface area contributed by atoms with Crippen LogP contribution < -0.4 is 4.90 Å². The zero-order chi connectivity index (χ0) is 14.4. The van der Waals surface area contributed by atoms with Gasteiger partial charge in [0.25, 0.3) is 0 Å². The van der Waals surface area contributed by atoms with Gasteiger partial charge >= 0.3 is 5.97 Å². The monoisotopic (exact) mass is 265 g/mol. The van der Waals surface area contributed by atoms with Crippen molar-refractivity contribution in [3.63, 3.8) is 0 Å². The fraction of sp³-hybridized carbons (Fsp3) is 0.643. The van der Waals surface area contributed by atoms with Crippen molar-refractivity contribution in [2.75, 3.05) is 18.0 Å². The van der Waals surface area contributed by atoms with Gasteiger partial charge in [0.2, 0.25) is 0 Å². The Morgan fingerprint density at radius 1 is 1.16 bits per heavy atom. The molecule has 0 amide bonds. The Morgan fingerprint density at radius 2 is 1.84 bits per heavy atom. The largest absolute Gasteiger partial charge is 0.478 e. The minimum absolute atomic E-state index is 0.324. The van der Waals surface area contributed by atoms with E-state index in [1.807, 2.05) is 25.7 Å². The standard InChI is InChI=1S/C14H23N3O2/c1-5-9-17(8-4)13-12(14(18)19)10(6-2)11(7-3)15-16-13/h5-9H2,1-4H3,(H,18,19). The van der Waals surface area contributed by atoms with Crippen molar-refractivity contribution in [1.82, 2.24) is 10.2 Å². The Bertz CT molecular complexity index is 447. The minimum atomic E-state index is -0.911. The van der Waals surface area contributed by atoms with E-state index in [-0.39, 0.29) is 0 Å². The molecule has 1 rings (SSSR count). The van der Waals surface area contributed by atoms with Crippen LogP contribution in [0, 0.1) is 0 Å². The molecule has 19 heavy (non-hydrogen) atoms. The third-order valence-electron chi connectivity index (χ3n) is 3.22. The number of nitrogens with zero attached hydrogens (tertiary/aromatic N) is 3. The van der Waals surface area contributed by atoms with E-state index < -0.39 is 5.97 Å². The Kier molecular flexibility index (Phi) is 5.73. The quantitative estimate of drug-likeness (QED) is 0.820. The predicted molar refractivity (Wildman–Crippen MR) is 75.9 cm³/mol. The molecule has 106 valence electrons. The summed E-state index contributed by atoms with van der Waals surface area (Å²) in [7, 11) is 0. The normalized spacial score (nSPS) is 10.5. The molecule has 0 spiro atoms. The van der Waals surface area contributed by atoms with E-state index >= 15 is 0 Å². The van der Waals surface area contributed by atoms with Crippen LogP contribution in [0.15, 0.2) is 0 Å². The summed E-state index contributed by atoms with van der Waals surface area (Å²) in [6.07, 6.45) is 2.32. The number of carboxylic acids is 1. The molecule has 0 atom stereocenters. The molecule has 0 aliphatic rings. The summed E-state index contributed by atoms with van der Waals surface area (Å²) in [6.45, 7) is 9.53. The van der Waals surface area contributed by atoms with E-state index in [9.17, 15) is 9.90 Å². The van der Waals surface area contributed by atoms with Crippen LogP contribution in [0.2, 0.25) is 0 Å². The van der Waals surface area contributed by atoms with E-state index in [2.05, 4.69) is 17.1 Å². The topological polar surface area (TPSA) is 66.3 Å². The van der Waals surface area contributed by atoms with Gasteiger partial charge in [-0.15, -0.1) is 5.10 Å². The summed E-state index contributed by atoms with van der Waals surface area (Å²) in [4.78, 5) is 13.6. The molecule has 0 aromatic carbocycles. The van der Waals surface area contributed by atoms with Gasteiger partial charge in [0.05, 0.1) is 5.69 Å². The molecule has 0 saturated carbocycles. The molecule has 5 nitrogen and oxygen atoms in total. The average molecular weight is 265 g/mol. The van der Waals surface area contributed by atoms with Gasteiger partial charge in [-0.25, -0.2) is 4.79 Å². The van der Waals surface area contributed by atoms with Gasteiger partial charge in [0, 0.05) is 13.1 Å². The molecule has 0 fully saturated rings. The first-order valence-corrected chi connectivity index (χ1v) is 6.97. The van der Waals surface area contributed by atoms with Crippen molar-refractivity contribution in [1.29, 1.82) is 0 Å². The van der Waals surface area contributed by atoms with E-state index in [0.29, 0.717) is 24.2 Å². The summed E-state index contributed by atoms with van der Waals surface area (Å²) < 4.78 is 0.